The van der Waals surface area contributed by atoms with Crippen molar-refractivity contribution in [2.45, 2.75) is 51.3 Å². The summed E-state index contributed by atoms with van der Waals surface area (Å²) in [6.07, 6.45) is 1.34. The molecule has 4 aliphatic rings. The number of phenolic OH excluding ortho intramolecular Hbond substituents is 1. The Balaban J connectivity index is 1.61. The molecule has 0 bridgehead atoms. The number of halogens is 1. The zero-order valence-corrected chi connectivity index (χ0v) is 23.8. The number of aromatic hydroxyl groups is 1. The Morgan fingerprint density at radius 1 is 1.15 bits per heavy atom. The van der Waals surface area contributed by atoms with E-state index in [0.717, 1.165) is 19.5 Å². The molecule has 1 heterocycles. The van der Waals surface area contributed by atoms with Gasteiger partial charge in [-0.2, -0.15) is 0 Å². The average Bonchev–Trinajstić information content (AvgIpc) is 2.83. The number of benzene rings is 1. The van der Waals surface area contributed by atoms with E-state index in [1.807, 2.05) is 0 Å². The largest absolute Gasteiger partial charge is 0.508 e. The molecule has 216 valence electrons. The number of hydrogen-bond donors (Lipinski definition) is 5. The molecule has 6 N–H and O–H groups in total. The SMILES string of the molecule is C[C@H]1C[C@H](C)CN(Cc2cc(O)c3c(c2Cl)C[C@H]2C[C@H]4[C@H](N(C)C)C(=O)C(C(N)=O)=C(O)[C@@]4(O)C(=O)C2=C3O)C1. The Morgan fingerprint density at radius 3 is 2.35 bits per heavy atom. The van der Waals surface area contributed by atoms with E-state index in [1.54, 1.807) is 14.1 Å². The maximum atomic E-state index is 13.9. The Labute approximate surface area is 237 Å². The van der Waals surface area contributed by atoms with E-state index in [1.165, 1.54) is 11.0 Å². The number of amides is 1. The first-order valence-corrected chi connectivity index (χ1v) is 14.0. The van der Waals surface area contributed by atoms with Crippen molar-refractivity contribution < 1.29 is 34.8 Å². The molecule has 3 aliphatic carbocycles. The van der Waals surface area contributed by atoms with Crippen molar-refractivity contribution in [3.63, 3.8) is 0 Å². The number of piperidine rings is 1. The molecule has 5 rings (SSSR count). The third-order valence-corrected chi connectivity index (χ3v) is 9.54. The lowest BCUT2D eigenvalue weighted by Crippen LogP contribution is -2.65. The molecule has 1 saturated carbocycles. The molecule has 2 fully saturated rings. The Bertz CT molecular complexity index is 1380. The average molecular weight is 574 g/mol. The molecule has 6 atom stereocenters. The molecule has 1 aliphatic heterocycles. The summed E-state index contributed by atoms with van der Waals surface area (Å²) < 4.78 is 0. The first-order chi connectivity index (χ1) is 18.7. The molecule has 1 aromatic carbocycles. The van der Waals surface area contributed by atoms with Crippen LogP contribution in [-0.4, -0.2) is 86.5 Å². The van der Waals surface area contributed by atoms with Crippen LogP contribution in [0.1, 0.15) is 43.4 Å². The summed E-state index contributed by atoms with van der Waals surface area (Å²) >= 11 is 6.90. The number of aliphatic hydroxyl groups excluding tert-OH is 2. The van der Waals surface area contributed by atoms with Crippen LogP contribution in [0.2, 0.25) is 5.02 Å². The molecule has 1 aromatic rings. The summed E-state index contributed by atoms with van der Waals surface area (Å²) in [7, 11) is 3.13. The van der Waals surface area contributed by atoms with Crippen LogP contribution >= 0.6 is 11.6 Å². The van der Waals surface area contributed by atoms with Crippen molar-refractivity contribution in [2.24, 2.45) is 29.4 Å². The summed E-state index contributed by atoms with van der Waals surface area (Å²) in [6.45, 7) is 6.72. The number of Topliss-reactive ketones (excluding diaryl/α,β-unsaturated/α-hetero) is 2. The highest BCUT2D eigenvalue weighted by Crippen LogP contribution is 2.53. The number of fused-ring (bicyclic) bond motifs is 3. The summed E-state index contributed by atoms with van der Waals surface area (Å²) in [4.78, 5) is 43.0. The highest BCUT2D eigenvalue weighted by molar-refractivity contribution is 6.32. The molecular weight excluding hydrogens is 538 g/mol. The second-order valence-electron chi connectivity index (χ2n) is 12.3. The van der Waals surface area contributed by atoms with Gasteiger partial charge in [0.25, 0.3) is 5.91 Å². The third kappa shape index (κ3) is 4.15. The van der Waals surface area contributed by atoms with Crippen LogP contribution < -0.4 is 5.73 Å². The van der Waals surface area contributed by atoms with Crippen molar-refractivity contribution in [3.8, 4) is 5.75 Å². The minimum absolute atomic E-state index is 0.00502. The molecule has 1 saturated heterocycles. The first-order valence-electron chi connectivity index (χ1n) is 13.6. The maximum absolute atomic E-state index is 13.9. The van der Waals surface area contributed by atoms with Gasteiger partial charge < -0.3 is 26.2 Å². The van der Waals surface area contributed by atoms with Crippen molar-refractivity contribution >= 4 is 34.8 Å². The predicted octanol–water partition coefficient (Wildman–Crippen LogP) is 2.10. The van der Waals surface area contributed by atoms with Crippen molar-refractivity contribution in [1.82, 2.24) is 9.80 Å². The normalized spacial score (nSPS) is 32.7. The first kappa shape index (κ1) is 28.6. The highest BCUT2D eigenvalue weighted by atomic mass is 35.5. The van der Waals surface area contributed by atoms with E-state index in [2.05, 4.69) is 18.7 Å². The number of nitrogens with two attached hydrogens (primary N) is 1. The Morgan fingerprint density at radius 2 is 1.77 bits per heavy atom. The molecule has 0 spiro atoms. The van der Waals surface area contributed by atoms with E-state index >= 15 is 0 Å². The molecular formula is C29H36ClN3O7. The van der Waals surface area contributed by atoms with Crippen molar-refractivity contribution in [2.75, 3.05) is 27.2 Å². The molecule has 0 aromatic heterocycles. The number of carbonyl (C=O) groups excluding carboxylic acids is 3. The van der Waals surface area contributed by atoms with Gasteiger partial charge in [-0.1, -0.05) is 25.4 Å². The van der Waals surface area contributed by atoms with E-state index < -0.39 is 58.0 Å². The molecule has 11 heteroatoms. The fraction of sp³-hybridized carbons (Fsp3) is 0.552. The predicted molar refractivity (Wildman–Crippen MR) is 147 cm³/mol. The molecule has 40 heavy (non-hydrogen) atoms. The quantitative estimate of drug-likeness (QED) is 0.339. The fourth-order valence-electron chi connectivity index (χ4n) is 7.62. The Kier molecular flexibility index (Phi) is 7.06. The number of phenols is 1. The zero-order valence-electron chi connectivity index (χ0n) is 23.1. The number of nitrogens with zero attached hydrogens (tertiary/aromatic N) is 2. The van der Waals surface area contributed by atoms with Gasteiger partial charge in [0.1, 0.15) is 22.8 Å². The Hall–Kier alpha value is -2.92. The number of likely N-dealkylation sites (N-methyl/N-ethyl adjacent to an activating group) is 1. The van der Waals surface area contributed by atoms with Crippen molar-refractivity contribution in [1.29, 1.82) is 0 Å². The number of carbonyl (C=O) groups is 3. The fourth-order valence-corrected chi connectivity index (χ4v) is 7.91. The summed E-state index contributed by atoms with van der Waals surface area (Å²) in [5, 5.41) is 45.4. The van der Waals surface area contributed by atoms with Gasteiger partial charge >= 0.3 is 0 Å². The van der Waals surface area contributed by atoms with Crippen LogP contribution in [0.15, 0.2) is 23.0 Å². The minimum atomic E-state index is -2.66. The summed E-state index contributed by atoms with van der Waals surface area (Å²) in [5.41, 5.74) is 2.87. The van der Waals surface area contributed by atoms with E-state index in [0.29, 0.717) is 34.5 Å². The summed E-state index contributed by atoms with van der Waals surface area (Å²) in [6, 6.07) is 0.368. The third-order valence-electron chi connectivity index (χ3n) is 9.07. The second kappa shape index (κ2) is 9.87. The van der Waals surface area contributed by atoms with Crippen molar-refractivity contribution in [3.05, 3.63) is 44.7 Å². The van der Waals surface area contributed by atoms with Gasteiger partial charge in [-0.15, -0.1) is 0 Å². The molecule has 0 unspecified atom stereocenters. The number of primary amides is 1. The smallest absolute Gasteiger partial charge is 0.255 e. The summed E-state index contributed by atoms with van der Waals surface area (Å²) in [5.74, 6) is -5.72. The van der Waals surface area contributed by atoms with Crippen LogP contribution in [0.25, 0.3) is 5.76 Å². The zero-order chi connectivity index (χ0) is 29.4. The molecule has 1 amide bonds. The standard InChI is InChI=1S/C29H36ClN3O7/c1-12-5-13(2)10-33(9-12)11-15-8-18(34)20-16(22(15)30)6-14-7-17-23(32(3)4)25(36)21(28(31)39)27(38)29(17,40)26(37)19(14)24(20)35/h8,12-14,17,23,34-35,38,40H,5-7,9-11H2,1-4H3,(H2,31,39)/t12-,13-,14-,17-,23-,29-/m0/s1. The topological polar surface area (TPSA) is 165 Å². The van der Waals surface area contributed by atoms with Crippen LogP contribution in [0.4, 0.5) is 0 Å². The van der Waals surface area contributed by atoms with E-state index in [9.17, 15) is 34.8 Å². The number of aliphatic hydroxyl groups is 3. The number of hydrogen-bond acceptors (Lipinski definition) is 9. The maximum Gasteiger partial charge on any atom is 0.255 e. The number of rotatable bonds is 4. The van der Waals surface area contributed by atoms with Gasteiger partial charge in [0.15, 0.2) is 11.4 Å². The van der Waals surface area contributed by atoms with E-state index in [-0.39, 0.29) is 29.7 Å². The van der Waals surface area contributed by atoms with Crippen LogP contribution in [-0.2, 0) is 27.3 Å². The molecule has 10 nitrogen and oxygen atoms in total. The van der Waals surface area contributed by atoms with Gasteiger partial charge in [0.2, 0.25) is 5.78 Å². The van der Waals surface area contributed by atoms with Crippen LogP contribution in [0.5, 0.6) is 5.75 Å². The van der Waals surface area contributed by atoms with Gasteiger partial charge in [0.05, 0.1) is 11.6 Å². The molecule has 0 radical (unpaired) electrons. The number of ketones is 2. The number of likely N-dealkylation sites (tertiary alicyclic amines) is 1. The lowest BCUT2D eigenvalue weighted by molar-refractivity contribution is -0.153. The van der Waals surface area contributed by atoms with Gasteiger partial charge in [-0.3, -0.25) is 24.2 Å². The monoisotopic (exact) mass is 573 g/mol. The second-order valence-corrected chi connectivity index (χ2v) is 12.7. The van der Waals surface area contributed by atoms with Crippen LogP contribution in [0, 0.1) is 23.7 Å². The highest BCUT2D eigenvalue weighted by Gasteiger charge is 2.64. The van der Waals surface area contributed by atoms with Gasteiger partial charge in [0, 0.05) is 36.1 Å². The minimum Gasteiger partial charge on any atom is -0.508 e. The van der Waals surface area contributed by atoms with Crippen LogP contribution in [0.3, 0.4) is 0 Å². The van der Waals surface area contributed by atoms with E-state index in [4.69, 9.17) is 17.3 Å². The van der Waals surface area contributed by atoms with Gasteiger partial charge in [-0.25, -0.2) is 0 Å². The lowest BCUT2D eigenvalue weighted by Gasteiger charge is -2.50. The van der Waals surface area contributed by atoms with Gasteiger partial charge in [-0.05, 0) is 68.3 Å². The lowest BCUT2D eigenvalue weighted by atomic mass is 9.57.